The van der Waals surface area contributed by atoms with Crippen LogP contribution in [0, 0.1) is 11.3 Å². The SMILES string of the molecule is N#CCC(O)C(O)c1ccc(C(F)(F)F)nc1. The molecule has 17 heavy (non-hydrogen) atoms. The number of halogens is 3. The molecule has 0 saturated carbocycles. The van der Waals surface area contributed by atoms with Crippen molar-refractivity contribution in [2.45, 2.75) is 24.8 Å². The van der Waals surface area contributed by atoms with Gasteiger partial charge in [0.1, 0.15) is 11.8 Å². The van der Waals surface area contributed by atoms with Gasteiger partial charge in [0.2, 0.25) is 0 Å². The molecule has 7 heteroatoms. The highest BCUT2D eigenvalue weighted by molar-refractivity contribution is 5.19. The van der Waals surface area contributed by atoms with E-state index in [1.165, 1.54) is 0 Å². The number of nitriles is 1. The van der Waals surface area contributed by atoms with E-state index >= 15 is 0 Å². The van der Waals surface area contributed by atoms with E-state index in [4.69, 9.17) is 5.26 Å². The van der Waals surface area contributed by atoms with Crippen LogP contribution in [0.25, 0.3) is 0 Å². The summed E-state index contributed by atoms with van der Waals surface area (Å²) >= 11 is 0. The molecule has 0 radical (unpaired) electrons. The zero-order valence-electron chi connectivity index (χ0n) is 8.52. The van der Waals surface area contributed by atoms with E-state index in [0.717, 1.165) is 12.3 Å². The van der Waals surface area contributed by atoms with Gasteiger partial charge in [-0.15, -0.1) is 0 Å². The van der Waals surface area contributed by atoms with Crippen LogP contribution < -0.4 is 0 Å². The minimum Gasteiger partial charge on any atom is -0.389 e. The van der Waals surface area contributed by atoms with Crippen LogP contribution >= 0.6 is 0 Å². The number of aliphatic hydroxyl groups is 2. The minimum absolute atomic E-state index is 0.0285. The van der Waals surface area contributed by atoms with Gasteiger partial charge >= 0.3 is 6.18 Å². The van der Waals surface area contributed by atoms with E-state index in [1.807, 2.05) is 0 Å². The molecule has 0 aliphatic carbocycles. The zero-order valence-corrected chi connectivity index (χ0v) is 8.52. The van der Waals surface area contributed by atoms with Gasteiger partial charge in [-0.2, -0.15) is 18.4 Å². The van der Waals surface area contributed by atoms with E-state index in [2.05, 4.69) is 4.98 Å². The van der Waals surface area contributed by atoms with Gasteiger partial charge in [0, 0.05) is 11.8 Å². The smallest absolute Gasteiger partial charge is 0.389 e. The molecule has 0 spiro atoms. The van der Waals surface area contributed by atoms with Crippen molar-refractivity contribution in [2.75, 3.05) is 0 Å². The number of hydrogen-bond acceptors (Lipinski definition) is 4. The van der Waals surface area contributed by atoms with Crippen molar-refractivity contribution in [2.24, 2.45) is 0 Å². The summed E-state index contributed by atoms with van der Waals surface area (Å²) in [5, 5.41) is 27.1. The highest BCUT2D eigenvalue weighted by atomic mass is 19.4. The van der Waals surface area contributed by atoms with Crippen molar-refractivity contribution in [1.29, 1.82) is 5.26 Å². The lowest BCUT2D eigenvalue weighted by molar-refractivity contribution is -0.141. The number of hydrogen-bond donors (Lipinski definition) is 2. The van der Waals surface area contributed by atoms with Gasteiger partial charge in [-0.05, 0) is 6.07 Å². The third kappa shape index (κ3) is 3.41. The van der Waals surface area contributed by atoms with Crippen LogP contribution in [0.4, 0.5) is 13.2 Å². The van der Waals surface area contributed by atoms with E-state index in [9.17, 15) is 23.4 Å². The lowest BCUT2D eigenvalue weighted by atomic mass is 10.0. The van der Waals surface area contributed by atoms with Crippen LogP contribution in [0.5, 0.6) is 0 Å². The Labute approximate surface area is 95.0 Å². The molecular weight excluding hydrogens is 237 g/mol. The number of nitrogens with zero attached hydrogens (tertiary/aromatic N) is 2. The summed E-state index contributed by atoms with van der Waals surface area (Å²) in [5.41, 5.74) is -1.05. The lowest BCUT2D eigenvalue weighted by Crippen LogP contribution is -2.18. The van der Waals surface area contributed by atoms with E-state index < -0.39 is 24.1 Å². The quantitative estimate of drug-likeness (QED) is 0.845. The molecule has 1 heterocycles. The molecule has 0 bridgehead atoms. The molecule has 1 rings (SSSR count). The second kappa shape index (κ2) is 5.12. The van der Waals surface area contributed by atoms with Crippen LogP contribution in [0.15, 0.2) is 18.3 Å². The molecule has 2 atom stereocenters. The zero-order chi connectivity index (χ0) is 13.1. The first-order valence-electron chi connectivity index (χ1n) is 4.62. The van der Waals surface area contributed by atoms with Gasteiger partial charge in [-0.1, -0.05) is 6.07 Å². The van der Waals surface area contributed by atoms with Crippen molar-refractivity contribution in [3.05, 3.63) is 29.6 Å². The first-order chi connectivity index (χ1) is 7.86. The highest BCUT2D eigenvalue weighted by Gasteiger charge is 2.32. The Hall–Kier alpha value is -1.65. The Morgan fingerprint density at radius 3 is 2.41 bits per heavy atom. The molecular formula is C10H9F3N2O2. The first kappa shape index (κ1) is 13.4. The van der Waals surface area contributed by atoms with Crippen LogP contribution in [0.3, 0.4) is 0 Å². The number of pyridine rings is 1. The van der Waals surface area contributed by atoms with Gasteiger partial charge in [0.25, 0.3) is 0 Å². The van der Waals surface area contributed by atoms with Crippen LogP contribution in [-0.2, 0) is 6.18 Å². The Balaban J connectivity index is 2.85. The third-order valence-electron chi connectivity index (χ3n) is 2.08. The topological polar surface area (TPSA) is 77.1 Å². The molecule has 1 aromatic rings. The van der Waals surface area contributed by atoms with Crippen LogP contribution in [0.2, 0.25) is 0 Å². The molecule has 0 saturated heterocycles. The lowest BCUT2D eigenvalue weighted by Gasteiger charge is -2.15. The number of rotatable bonds is 3. The van der Waals surface area contributed by atoms with Crippen molar-refractivity contribution in [3.63, 3.8) is 0 Å². The van der Waals surface area contributed by atoms with Crippen molar-refractivity contribution in [1.82, 2.24) is 4.98 Å². The van der Waals surface area contributed by atoms with Gasteiger partial charge in [-0.25, -0.2) is 0 Å². The summed E-state index contributed by atoms with van der Waals surface area (Å²) < 4.78 is 36.5. The molecule has 2 N–H and O–H groups in total. The summed E-state index contributed by atoms with van der Waals surface area (Å²) in [6.45, 7) is 0. The molecule has 0 aliphatic heterocycles. The van der Waals surface area contributed by atoms with E-state index in [0.29, 0.717) is 6.07 Å². The molecule has 92 valence electrons. The summed E-state index contributed by atoms with van der Waals surface area (Å²) in [6, 6.07) is 3.36. The molecule has 0 amide bonds. The van der Waals surface area contributed by atoms with Crippen LogP contribution in [0.1, 0.15) is 23.8 Å². The maximum atomic E-state index is 12.2. The number of alkyl halides is 3. The highest BCUT2D eigenvalue weighted by Crippen LogP contribution is 2.28. The normalized spacial score (nSPS) is 15.1. The van der Waals surface area contributed by atoms with Gasteiger partial charge < -0.3 is 10.2 Å². The van der Waals surface area contributed by atoms with Gasteiger partial charge in [0.05, 0.1) is 18.6 Å². The fourth-order valence-electron chi connectivity index (χ4n) is 1.18. The summed E-state index contributed by atoms with van der Waals surface area (Å²) in [6.07, 6.45) is -6.81. The van der Waals surface area contributed by atoms with Gasteiger partial charge in [-0.3, -0.25) is 4.98 Å². The standard InChI is InChI=1S/C10H9F3N2O2/c11-10(12,13)8-2-1-6(5-15-8)9(17)7(16)3-4-14/h1-2,5,7,9,16-17H,3H2. The molecule has 4 nitrogen and oxygen atoms in total. The fourth-order valence-corrected chi connectivity index (χ4v) is 1.18. The molecule has 2 unspecified atom stereocenters. The third-order valence-corrected chi connectivity index (χ3v) is 2.08. The summed E-state index contributed by atoms with van der Waals surface area (Å²) in [7, 11) is 0. The second-order valence-corrected chi connectivity index (χ2v) is 3.35. The van der Waals surface area contributed by atoms with E-state index in [-0.39, 0.29) is 12.0 Å². The summed E-state index contributed by atoms with van der Waals surface area (Å²) in [5.74, 6) is 0. The largest absolute Gasteiger partial charge is 0.433 e. The Bertz CT molecular complexity index is 411. The average molecular weight is 246 g/mol. The maximum absolute atomic E-state index is 12.2. The minimum atomic E-state index is -4.55. The second-order valence-electron chi connectivity index (χ2n) is 3.35. The number of aliphatic hydroxyl groups excluding tert-OH is 2. The first-order valence-corrected chi connectivity index (χ1v) is 4.62. The Morgan fingerprint density at radius 1 is 1.35 bits per heavy atom. The van der Waals surface area contributed by atoms with E-state index in [1.54, 1.807) is 6.07 Å². The fraction of sp³-hybridized carbons (Fsp3) is 0.400. The molecule has 0 aromatic carbocycles. The molecule has 0 fully saturated rings. The Morgan fingerprint density at radius 2 is 2.00 bits per heavy atom. The monoisotopic (exact) mass is 246 g/mol. The number of aromatic nitrogens is 1. The van der Waals surface area contributed by atoms with Crippen LogP contribution in [-0.4, -0.2) is 21.3 Å². The molecule has 0 aliphatic rings. The summed E-state index contributed by atoms with van der Waals surface area (Å²) in [4.78, 5) is 3.13. The van der Waals surface area contributed by atoms with Crippen molar-refractivity contribution < 1.29 is 23.4 Å². The van der Waals surface area contributed by atoms with Gasteiger partial charge in [0.15, 0.2) is 0 Å². The predicted octanol–water partition coefficient (Wildman–Crippen LogP) is 1.41. The predicted molar refractivity (Wildman–Crippen MR) is 50.4 cm³/mol. The molecule has 1 aromatic heterocycles. The Kier molecular flexibility index (Phi) is 4.04. The average Bonchev–Trinajstić information content (AvgIpc) is 2.27. The van der Waals surface area contributed by atoms with Crippen molar-refractivity contribution >= 4 is 0 Å². The maximum Gasteiger partial charge on any atom is 0.433 e. The van der Waals surface area contributed by atoms with Crippen molar-refractivity contribution in [3.8, 4) is 6.07 Å².